The Hall–Kier alpha value is -2.39. The molecule has 2 nitrogen and oxygen atoms in total. The van der Waals surface area contributed by atoms with E-state index < -0.39 is 0 Å². The number of rotatable bonds is 5. The van der Waals surface area contributed by atoms with Gasteiger partial charge in [-0.25, -0.2) is 4.39 Å². The van der Waals surface area contributed by atoms with E-state index in [1.807, 2.05) is 32.1 Å². The lowest BCUT2D eigenvalue weighted by Gasteiger charge is -2.53. The van der Waals surface area contributed by atoms with Gasteiger partial charge in [-0.1, -0.05) is 43.0 Å². The monoisotopic (exact) mass is 404 g/mol. The predicted molar refractivity (Wildman–Crippen MR) is 125 cm³/mol. The highest BCUT2D eigenvalue weighted by molar-refractivity contribution is 5.86. The maximum Gasteiger partial charge on any atom is 0.128 e. The summed E-state index contributed by atoms with van der Waals surface area (Å²) >= 11 is 0. The lowest BCUT2D eigenvalue weighted by Crippen LogP contribution is -2.55. The lowest BCUT2D eigenvalue weighted by molar-refractivity contribution is -0.000367. The number of halogens is 1. The van der Waals surface area contributed by atoms with Crippen molar-refractivity contribution in [1.82, 2.24) is 9.47 Å². The predicted octanol–water partition coefficient (Wildman–Crippen LogP) is 6.95. The second kappa shape index (κ2) is 8.03. The highest BCUT2D eigenvalue weighted by Crippen LogP contribution is 2.49. The van der Waals surface area contributed by atoms with Gasteiger partial charge in [0.1, 0.15) is 5.83 Å². The number of aromatic nitrogens is 1. The molecule has 1 saturated carbocycles. The quantitative estimate of drug-likeness (QED) is 0.489. The summed E-state index contributed by atoms with van der Waals surface area (Å²) in [5.41, 5.74) is 5.33. The first-order valence-electron chi connectivity index (χ1n) is 11.1. The molecule has 0 bridgehead atoms. The number of nitrogens with zero attached hydrogens (tertiary/aromatic N) is 2. The van der Waals surface area contributed by atoms with E-state index in [4.69, 9.17) is 0 Å². The molecule has 1 aromatic carbocycles. The van der Waals surface area contributed by atoms with Crippen molar-refractivity contribution in [3.63, 3.8) is 0 Å². The minimum absolute atomic E-state index is 0.120. The molecule has 2 aromatic rings. The van der Waals surface area contributed by atoms with Crippen LogP contribution in [0.15, 0.2) is 72.1 Å². The SMILES string of the molecule is C=C(\C(F)=C/C(=C\C)/C=C/C)C1c2c(c3ccccc3n2C)CCN1C1(C)CCC1. The smallest absolute Gasteiger partial charge is 0.128 e. The fourth-order valence-corrected chi connectivity index (χ4v) is 5.31. The Labute approximate surface area is 180 Å². The lowest BCUT2D eigenvalue weighted by atomic mass is 9.74. The van der Waals surface area contributed by atoms with Crippen LogP contribution in [-0.2, 0) is 13.5 Å². The summed E-state index contributed by atoms with van der Waals surface area (Å²) in [6, 6.07) is 8.40. The molecule has 1 aliphatic heterocycles. The molecule has 158 valence electrons. The highest BCUT2D eigenvalue weighted by atomic mass is 19.1. The molecule has 1 fully saturated rings. The van der Waals surface area contributed by atoms with Crippen molar-refractivity contribution in [3.05, 3.63) is 83.4 Å². The first-order valence-corrected chi connectivity index (χ1v) is 11.1. The number of hydrogen-bond acceptors (Lipinski definition) is 1. The largest absolute Gasteiger partial charge is 0.346 e. The molecular formula is C27H33FN2. The van der Waals surface area contributed by atoms with Gasteiger partial charge in [-0.3, -0.25) is 4.90 Å². The first kappa shape index (κ1) is 20.9. The van der Waals surface area contributed by atoms with Crippen molar-refractivity contribution in [1.29, 1.82) is 0 Å². The Balaban J connectivity index is 1.85. The van der Waals surface area contributed by atoms with Crippen molar-refractivity contribution in [3.8, 4) is 0 Å². The molecule has 1 aromatic heterocycles. The van der Waals surface area contributed by atoms with E-state index in [0.29, 0.717) is 5.57 Å². The van der Waals surface area contributed by atoms with E-state index in [1.165, 1.54) is 41.4 Å². The Morgan fingerprint density at radius 2 is 1.97 bits per heavy atom. The summed E-state index contributed by atoms with van der Waals surface area (Å²) < 4.78 is 17.8. The van der Waals surface area contributed by atoms with Crippen molar-refractivity contribution >= 4 is 10.9 Å². The first-order chi connectivity index (χ1) is 14.4. The molecule has 1 unspecified atom stereocenters. The third-order valence-corrected chi connectivity index (χ3v) is 7.18. The average Bonchev–Trinajstić information content (AvgIpc) is 3.03. The van der Waals surface area contributed by atoms with Crippen molar-refractivity contribution in [2.75, 3.05) is 6.54 Å². The molecule has 4 rings (SSSR count). The number of allylic oxidation sites excluding steroid dienone is 5. The summed E-state index contributed by atoms with van der Waals surface area (Å²) in [4.78, 5) is 2.53. The van der Waals surface area contributed by atoms with E-state index in [1.54, 1.807) is 6.08 Å². The van der Waals surface area contributed by atoms with Gasteiger partial charge >= 0.3 is 0 Å². The Morgan fingerprint density at radius 3 is 2.60 bits per heavy atom. The molecule has 0 radical (unpaired) electrons. The maximum atomic E-state index is 15.6. The summed E-state index contributed by atoms with van der Waals surface area (Å²) in [6.45, 7) is 11.5. The van der Waals surface area contributed by atoms with Crippen LogP contribution in [0.1, 0.15) is 57.3 Å². The zero-order valence-electron chi connectivity index (χ0n) is 18.7. The van der Waals surface area contributed by atoms with Gasteiger partial charge in [0.15, 0.2) is 0 Å². The van der Waals surface area contributed by atoms with Gasteiger partial charge < -0.3 is 4.57 Å². The minimum atomic E-state index is -0.225. The molecule has 3 heteroatoms. The summed E-state index contributed by atoms with van der Waals surface area (Å²) in [5.74, 6) is -0.225. The van der Waals surface area contributed by atoms with E-state index in [2.05, 4.69) is 54.3 Å². The Kier molecular flexibility index (Phi) is 5.59. The Bertz CT molecular complexity index is 1060. The zero-order chi connectivity index (χ0) is 21.5. The standard InChI is InChI=1S/C27H33FN2/c1-6-11-20(7-2)18-23(28)19(3)25-26-22(14-17-30(25)27(4)15-10-16-27)21-12-8-9-13-24(21)29(26)5/h6-9,11-13,18,25H,3,10,14-17H2,1-2,4-5H3/b11-6+,20-7-,23-18+. The van der Waals surface area contributed by atoms with Crippen LogP contribution in [0.25, 0.3) is 10.9 Å². The average molecular weight is 405 g/mol. The van der Waals surface area contributed by atoms with Crippen LogP contribution >= 0.6 is 0 Å². The molecule has 0 spiro atoms. The Morgan fingerprint density at radius 1 is 1.23 bits per heavy atom. The van der Waals surface area contributed by atoms with E-state index >= 15 is 4.39 Å². The van der Waals surface area contributed by atoms with Gasteiger partial charge in [0, 0.05) is 41.3 Å². The van der Waals surface area contributed by atoms with Crippen molar-refractivity contribution in [2.45, 2.75) is 58.0 Å². The van der Waals surface area contributed by atoms with Gasteiger partial charge in [-0.05, 0) is 69.7 Å². The van der Waals surface area contributed by atoms with Crippen LogP contribution in [0, 0.1) is 0 Å². The number of para-hydroxylation sites is 1. The van der Waals surface area contributed by atoms with Crippen LogP contribution in [0.5, 0.6) is 0 Å². The topological polar surface area (TPSA) is 8.17 Å². The molecule has 1 aliphatic carbocycles. The second-order valence-electron chi connectivity index (χ2n) is 8.94. The summed E-state index contributed by atoms with van der Waals surface area (Å²) in [6.07, 6.45) is 12.0. The molecule has 0 N–H and O–H groups in total. The molecular weight excluding hydrogens is 371 g/mol. The number of aryl methyl sites for hydroxylation is 1. The fourth-order valence-electron chi connectivity index (χ4n) is 5.31. The van der Waals surface area contributed by atoms with Gasteiger partial charge in [0.25, 0.3) is 0 Å². The normalized spacial score (nSPS) is 22.4. The van der Waals surface area contributed by atoms with Crippen LogP contribution in [0.2, 0.25) is 0 Å². The summed E-state index contributed by atoms with van der Waals surface area (Å²) in [5, 5.41) is 1.29. The van der Waals surface area contributed by atoms with Crippen molar-refractivity contribution < 1.29 is 4.39 Å². The van der Waals surface area contributed by atoms with E-state index in [0.717, 1.165) is 18.5 Å². The second-order valence-corrected chi connectivity index (χ2v) is 8.94. The van der Waals surface area contributed by atoms with Gasteiger partial charge in [0.05, 0.1) is 6.04 Å². The molecule has 1 atom stereocenters. The molecule has 2 heterocycles. The zero-order valence-corrected chi connectivity index (χ0v) is 18.7. The van der Waals surface area contributed by atoms with E-state index in [-0.39, 0.29) is 17.4 Å². The summed E-state index contributed by atoms with van der Waals surface area (Å²) in [7, 11) is 2.12. The maximum absolute atomic E-state index is 15.6. The van der Waals surface area contributed by atoms with Crippen LogP contribution < -0.4 is 0 Å². The fraction of sp³-hybridized carbons (Fsp3) is 0.407. The van der Waals surface area contributed by atoms with Crippen LogP contribution in [-0.4, -0.2) is 21.6 Å². The van der Waals surface area contributed by atoms with Crippen molar-refractivity contribution in [2.24, 2.45) is 7.05 Å². The molecule has 0 saturated heterocycles. The number of benzene rings is 1. The third kappa shape index (κ3) is 3.30. The number of hydrogen-bond donors (Lipinski definition) is 0. The van der Waals surface area contributed by atoms with Crippen LogP contribution in [0.4, 0.5) is 4.39 Å². The molecule has 2 aliphatic rings. The van der Waals surface area contributed by atoms with Crippen LogP contribution in [0.3, 0.4) is 0 Å². The van der Waals surface area contributed by atoms with E-state index in [9.17, 15) is 0 Å². The number of fused-ring (bicyclic) bond motifs is 3. The third-order valence-electron chi connectivity index (χ3n) is 7.18. The minimum Gasteiger partial charge on any atom is -0.346 e. The van der Waals surface area contributed by atoms with Gasteiger partial charge in [0.2, 0.25) is 0 Å². The molecule has 30 heavy (non-hydrogen) atoms. The van der Waals surface area contributed by atoms with Gasteiger partial charge in [-0.15, -0.1) is 0 Å². The molecule has 0 amide bonds. The van der Waals surface area contributed by atoms with Gasteiger partial charge in [-0.2, -0.15) is 0 Å². The highest BCUT2D eigenvalue weighted by Gasteiger charge is 2.46.